The molecular formula is C14H21N3O5. The van der Waals surface area contributed by atoms with Crippen LogP contribution in [0.3, 0.4) is 0 Å². The Morgan fingerprint density at radius 2 is 2.05 bits per heavy atom. The summed E-state index contributed by atoms with van der Waals surface area (Å²) in [5.41, 5.74) is 0.537. The van der Waals surface area contributed by atoms with Gasteiger partial charge in [0.1, 0.15) is 5.69 Å². The second-order valence-electron chi connectivity index (χ2n) is 5.62. The predicted molar refractivity (Wildman–Crippen MR) is 76.1 cm³/mol. The number of hydrogen-bond acceptors (Lipinski definition) is 6. The average molecular weight is 311 g/mol. The monoisotopic (exact) mass is 311 g/mol. The van der Waals surface area contributed by atoms with Crippen molar-refractivity contribution in [3.63, 3.8) is 0 Å². The molecule has 1 aromatic heterocycles. The lowest BCUT2D eigenvalue weighted by molar-refractivity contribution is -0.394. The highest BCUT2D eigenvalue weighted by molar-refractivity contribution is 5.23. The molecule has 2 saturated heterocycles. The van der Waals surface area contributed by atoms with Crippen LogP contribution >= 0.6 is 0 Å². The van der Waals surface area contributed by atoms with Crippen LogP contribution < -0.4 is 0 Å². The van der Waals surface area contributed by atoms with Crippen molar-refractivity contribution in [1.82, 2.24) is 9.78 Å². The maximum atomic E-state index is 11.2. The first-order chi connectivity index (χ1) is 10.7. The maximum absolute atomic E-state index is 11.2. The van der Waals surface area contributed by atoms with Crippen molar-refractivity contribution in [2.24, 2.45) is 0 Å². The molecule has 0 unspecified atom stereocenters. The van der Waals surface area contributed by atoms with E-state index in [1.807, 2.05) is 0 Å². The van der Waals surface area contributed by atoms with Gasteiger partial charge in [-0.1, -0.05) is 5.10 Å². The zero-order chi connectivity index (χ0) is 15.4. The summed E-state index contributed by atoms with van der Waals surface area (Å²) in [6.45, 7) is 1.53. The SMILES string of the molecule is O=[N+]([O-])c1cc(CO[C@H]2CCCCO2)nn1[C@H]1CCCCO1. The first-order valence-corrected chi connectivity index (χ1v) is 7.81. The van der Waals surface area contributed by atoms with Gasteiger partial charge in [-0.15, -0.1) is 4.68 Å². The van der Waals surface area contributed by atoms with Gasteiger partial charge in [0.15, 0.2) is 6.29 Å². The van der Waals surface area contributed by atoms with Crippen LogP contribution in [0.25, 0.3) is 0 Å². The van der Waals surface area contributed by atoms with E-state index in [9.17, 15) is 10.1 Å². The van der Waals surface area contributed by atoms with Crippen LogP contribution in [0.5, 0.6) is 0 Å². The molecule has 2 aliphatic rings. The average Bonchev–Trinajstić information content (AvgIpc) is 2.99. The first-order valence-electron chi connectivity index (χ1n) is 7.81. The molecule has 3 rings (SSSR count). The van der Waals surface area contributed by atoms with Crippen LogP contribution in [-0.4, -0.2) is 34.2 Å². The van der Waals surface area contributed by atoms with Gasteiger partial charge in [-0.05, 0) is 37.0 Å². The minimum atomic E-state index is -0.425. The summed E-state index contributed by atoms with van der Waals surface area (Å²) in [5, 5.41) is 15.5. The molecule has 2 atom stereocenters. The molecule has 0 saturated carbocycles. The lowest BCUT2D eigenvalue weighted by Gasteiger charge is -2.22. The number of rotatable bonds is 5. The molecule has 8 nitrogen and oxygen atoms in total. The third kappa shape index (κ3) is 3.63. The Morgan fingerprint density at radius 3 is 2.68 bits per heavy atom. The fourth-order valence-corrected chi connectivity index (χ4v) is 2.79. The second kappa shape index (κ2) is 7.17. The highest BCUT2D eigenvalue weighted by Gasteiger charge is 2.29. The number of aromatic nitrogens is 2. The lowest BCUT2D eigenvalue weighted by Crippen LogP contribution is -2.22. The third-order valence-electron chi connectivity index (χ3n) is 3.94. The molecule has 0 spiro atoms. The molecule has 8 heteroatoms. The molecular weight excluding hydrogens is 290 g/mol. The van der Waals surface area contributed by atoms with Crippen LogP contribution in [-0.2, 0) is 20.8 Å². The van der Waals surface area contributed by atoms with Crippen molar-refractivity contribution < 1.29 is 19.1 Å². The molecule has 0 aromatic carbocycles. The van der Waals surface area contributed by atoms with Gasteiger partial charge in [-0.25, -0.2) is 0 Å². The second-order valence-corrected chi connectivity index (χ2v) is 5.62. The van der Waals surface area contributed by atoms with Crippen LogP contribution in [0.4, 0.5) is 5.82 Å². The zero-order valence-electron chi connectivity index (χ0n) is 12.5. The fraction of sp³-hybridized carbons (Fsp3) is 0.786. The summed E-state index contributed by atoms with van der Waals surface area (Å²) >= 11 is 0. The maximum Gasteiger partial charge on any atom is 0.347 e. The van der Waals surface area contributed by atoms with Gasteiger partial charge in [-0.3, -0.25) is 0 Å². The molecule has 0 amide bonds. The molecule has 3 heterocycles. The topological polar surface area (TPSA) is 88.7 Å². The van der Waals surface area contributed by atoms with E-state index in [1.54, 1.807) is 0 Å². The molecule has 22 heavy (non-hydrogen) atoms. The van der Waals surface area contributed by atoms with Crippen LogP contribution in [0.15, 0.2) is 6.07 Å². The number of nitrogens with zero attached hydrogens (tertiary/aromatic N) is 3. The van der Waals surface area contributed by atoms with Crippen molar-refractivity contribution in [2.45, 2.75) is 57.6 Å². The number of ether oxygens (including phenoxy) is 3. The third-order valence-corrected chi connectivity index (χ3v) is 3.94. The van der Waals surface area contributed by atoms with Gasteiger partial charge in [0.25, 0.3) is 0 Å². The van der Waals surface area contributed by atoms with E-state index in [1.165, 1.54) is 10.7 Å². The normalized spacial score (nSPS) is 26.0. The number of nitro groups is 1. The van der Waals surface area contributed by atoms with E-state index in [2.05, 4.69) is 5.10 Å². The first kappa shape index (κ1) is 15.4. The van der Waals surface area contributed by atoms with Crippen LogP contribution in [0.1, 0.15) is 50.4 Å². The Balaban J connectivity index is 1.67. The van der Waals surface area contributed by atoms with Crippen LogP contribution in [0, 0.1) is 10.1 Å². The van der Waals surface area contributed by atoms with Gasteiger partial charge in [0, 0.05) is 13.0 Å². The van der Waals surface area contributed by atoms with Crippen molar-refractivity contribution >= 4 is 5.82 Å². The van der Waals surface area contributed by atoms with Gasteiger partial charge in [-0.2, -0.15) is 0 Å². The Hall–Kier alpha value is -1.51. The summed E-state index contributed by atoms with van der Waals surface area (Å²) in [7, 11) is 0. The summed E-state index contributed by atoms with van der Waals surface area (Å²) in [5.74, 6) is -0.0462. The van der Waals surface area contributed by atoms with Gasteiger partial charge >= 0.3 is 5.82 Å². The Morgan fingerprint density at radius 1 is 1.27 bits per heavy atom. The van der Waals surface area contributed by atoms with E-state index < -0.39 is 4.92 Å². The lowest BCUT2D eigenvalue weighted by atomic mass is 10.2. The molecule has 122 valence electrons. The molecule has 2 fully saturated rings. The summed E-state index contributed by atoms with van der Waals surface area (Å²) in [4.78, 5) is 10.8. The largest absolute Gasteiger partial charge is 0.358 e. The molecule has 0 aliphatic carbocycles. The number of hydrogen-bond donors (Lipinski definition) is 0. The van der Waals surface area contributed by atoms with E-state index in [0.717, 1.165) is 38.5 Å². The minimum Gasteiger partial charge on any atom is -0.358 e. The molecule has 0 bridgehead atoms. The smallest absolute Gasteiger partial charge is 0.347 e. The zero-order valence-corrected chi connectivity index (χ0v) is 12.5. The van der Waals surface area contributed by atoms with Crippen molar-refractivity contribution in [3.8, 4) is 0 Å². The molecule has 0 radical (unpaired) electrons. The predicted octanol–water partition coefficient (Wildman–Crippen LogP) is 2.53. The standard InChI is InChI=1S/C14H21N3O5/c18-17(19)12-9-11(10-22-14-6-2-4-8-21-14)15-16(12)13-5-1-3-7-20-13/h9,13-14H,1-8,10H2/t13-,14+/m1/s1. The van der Waals surface area contributed by atoms with Gasteiger partial charge in [0.05, 0.1) is 19.3 Å². The van der Waals surface area contributed by atoms with E-state index in [4.69, 9.17) is 14.2 Å². The molecule has 0 N–H and O–H groups in total. The Bertz CT molecular complexity index is 507. The Kier molecular flexibility index (Phi) is 5.01. The van der Waals surface area contributed by atoms with Crippen LogP contribution in [0.2, 0.25) is 0 Å². The minimum absolute atomic E-state index is 0.0462. The quantitative estimate of drug-likeness (QED) is 0.613. The Labute approximate surface area is 128 Å². The summed E-state index contributed by atoms with van der Waals surface area (Å²) in [6, 6.07) is 1.46. The van der Waals surface area contributed by atoms with E-state index >= 15 is 0 Å². The van der Waals surface area contributed by atoms with Crippen molar-refractivity contribution in [3.05, 3.63) is 21.9 Å². The molecule has 1 aromatic rings. The molecule has 2 aliphatic heterocycles. The van der Waals surface area contributed by atoms with E-state index in [-0.39, 0.29) is 24.9 Å². The van der Waals surface area contributed by atoms with E-state index in [0.29, 0.717) is 18.9 Å². The summed E-state index contributed by atoms with van der Waals surface area (Å²) < 4.78 is 18.1. The van der Waals surface area contributed by atoms with Crippen molar-refractivity contribution in [1.29, 1.82) is 0 Å². The summed E-state index contributed by atoms with van der Waals surface area (Å²) in [6.07, 6.45) is 5.12. The van der Waals surface area contributed by atoms with Gasteiger partial charge < -0.3 is 24.3 Å². The highest BCUT2D eigenvalue weighted by atomic mass is 16.7. The van der Waals surface area contributed by atoms with Crippen molar-refractivity contribution in [2.75, 3.05) is 13.2 Å². The van der Waals surface area contributed by atoms with Gasteiger partial charge in [0.2, 0.25) is 6.23 Å². The fourth-order valence-electron chi connectivity index (χ4n) is 2.79. The highest BCUT2D eigenvalue weighted by Crippen LogP contribution is 2.27.